The molecule has 9 heteroatoms. The van der Waals surface area contributed by atoms with Crippen molar-refractivity contribution in [2.75, 3.05) is 18.4 Å². The van der Waals surface area contributed by atoms with E-state index in [2.05, 4.69) is 40.3 Å². The van der Waals surface area contributed by atoms with Gasteiger partial charge in [0, 0.05) is 29.9 Å². The molecule has 170 valence electrons. The van der Waals surface area contributed by atoms with Crippen LogP contribution in [0.2, 0.25) is 0 Å². The summed E-state index contributed by atoms with van der Waals surface area (Å²) >= 11 is 1.53. The molecule has 1 N–H and O–H groups in total. The Morgan fingerprint density at radius 3 is 3.00 bits per heavy atom. The van der Waals surface area contributed by atoms with E-state index in [1.807, 2.05) is 25.3 Å². The smallest absolute Gasteiger partial charge is 0.246 e. The first-order chi connectivity index (χ1) is 15.4. The number of alkyl halides is 1. The van der Waals surface area contributed by atoms with Crippen LogP contribution in [-0.2, 0) is 11.3 Å². The van der Waals surface area contributed by atoms with Gasteiger partial charge in [-0.2, -0.15) is 4.98 Å². The molecule has 4 heterocycles. The lowest BCUT2D eigenvalue weighted by atomic mass is 10.1. The molecule has 3 atom stereocenters. The number of fused-ring (bicyclic) bond motifs is 1. The van der Waals surface area contributed by atoms with Crippen molar-refractivity contribution in [3.8, 4) is 5.88 Å². The van der Waals surface area contributed by atoms with E-state index in [9.17, 15) is 9.18 Å². The molecule has 4 rings (SSSR count). The molecule has 3 aromatic rings. The average molecular weight is 458 g/mol. The Labute approximate surface area is 190 Å². The second-order valence-electron chi connectivity index (χ2n) is 8.25. The topological polar surface area (TPSA) is 72.3 Å². The number of amides is 1. The van der Waals surface area contributed by atoms with Crippen molar-refractivity contribution >= 4 is 39.1 Å². The maximum absolute atomic E-state index is 14.7. The number of aromatic nitrogens is 3. The summed E-state index contributed by atoms with van der Waals surface area (Å²) in [4.78, 5) is 23.4. The maximum atomic E-state index is 14.7. The van der Waals surface area contributed by atoms with Gasteiger partial charge in [0.2, 0.25) is 11.8 Å². The molecule has 32 heavy (non-hydrogen) atoms. The lowest BCUT2D eigenvalue weighted by molar-refractivity contribution is -0.125. The van der Waals surface area contributed by atoms with E-state index < -0.39 is 12.3 Å². The van der Waals surface area contributed by atoms with Crippen molar-refractivity contribution in [3.63, 3.8) is 0 Å². The summed E-state index contributed by atoms with van der Waals surface area (Å²) in [5.41, 5.74) is 0.957. The fourth-order valence-electron chi connectivity index (χ4n) is 3.76. The van der Waals surface area contributed by atoms with E-state index >= 15 is 0 Å². The summed E-state index contributed by atoms with van der Waals surface area (Å²) in [5.74, 6) is 1.14. The van der Waals surface area contributed by atoms with Gasteiger partial charge in [-0.1, -0.05) is 26.8 Å². The van der Waals surface area contributed by atoms with Gasteiger partial charge in [0.25, 0.3) is 0 Å². The first-order valence-corrected chi connectivity index (χ1v) is 11.6. The van der Waals surface area contributed by atoms with Crippen LogP contribution in [0.3, 0.4) is 0 Å². The Balaban J connectivity index is 1.68. The summed E-state index contributed by atoms with van der Waals surface area (Å²) in [5, 5.41) is 4.79. The van der Waals surface area contributed by atoms with E-state index in [1.54, 1.807) is 6.20 Å². The normalized spacial score (nSPS) is 19.3. The van der Waals surface area contributed by atoms with Crippen molar-refractivity contribution < 1.29 is 13.9 Å². The molecule has 3 aromatic heterocycles. The van der Waals surface area contributed by atoms with Gasteiger partial charge < -0.3 is 19.5 Å². The number of rotatable bonds is 8. The number of aryl methyl sites for hydroxylation is 1. The number of nitrogens with one attached hydrogen (secondary N) is 1. The SMILES string of the molecule is C=CC(=O)N1C[C@@H](F)[C@H](Oc2nc(Nc3ncc(C)s3)cc3c2ccn3C[C@H](C)CC)C1. The maximum Gasteiger partial charge on any atom is 0.246 e. The predicted molar refractivity (Wildman–Crippen MR) is 125 cm³/mol. The first-order valence-electron chi connectivity index (χ1n) is 10.8. The Morgan fingerprint density at radius 2 is 2.31 bits per heavy atom. The molecule has 0 aromatic carbocycles. The number of thiazole rings is 1. The molecule has 1 saturated heterocycles. The number of hydrogen-bond acceptors (Lipinski definition) is 6. The van der Waals surface area contributed by atoms with Gasteiger partial charge in [-0.15, -0.1) is 11.3 Å². The highest BCUT2D eigenvalue weighted by Gasteiger charge is 2.37. The van der Waals surface area contributed by atoms with Crippen LogP contribution in [-0.4, -0.2) is 50.7 Å². The Bertz CT molecular complexity index is 1130. The molecule has 1 amide bonds. The van der Waals surface area contributed by atoms with E-state index in [-0.39, 0.29) is 19.0 Å². The molecular weight excluding hydrogens is 429 g/mol. The molecule has 1 aliphatic heterocycles. The summed E-state index contributed by atoms with van der Waals surface area (Å²) in [6, 6.07) is 3.92. The van der Waals surface area contributed by atoms with E-state index in [4.69, 9.17) is 4.74 Å². The molecule has 1 fully saturated rings. The minimum Gasteiger partial charge on any atom is -0.469 e. The number of carbonyl (C=O) groups is 1. The van der Waals surface area contributed by atoms with Crippen LogP contribution >= 0.6 is 11.3 Å². The second-order valence-corrected chi connectivity index (χ2v) is 9.48. The van der Waals surface area contributed by atoms with Gasteiger partial charge >= 0.3 is 0 Å². The molecule has 0 saturated carbocycles. The van der Waals surface area contributed by atoms with Gasteiger partial charge in [0.15, 0.2) is 17.4 Å². The fraction of sp³-hybridized carbons (Fsp3) is 0.435. The number of ether oxygens (including phenoxy) is 1. The van der Waals surface area contributed by atoms with Crippen LogP contribution in [0.1, 0.15) is 25.1 Å². The summed E-state index contributed by atoms with van der Waals surface area (Å²) in [6.45, 7) is 10.9. The van der Waals surface area contributed by atoms with Gasteiger partial charge in [0.1, 0.15) is 5.82 Å². The van der Waals surface area contributed by atoms with E-state index in [0.717, 1.165) is 33.9 Å². The Kier molecular flexibility index (Phi) is 6.45. The third kappa shape index (κ3) is 4.62. The highest BCUT2D eigenvalue weighted by Crippen LogP contribution is 2.32. The Hall–Kier alpha value is -2.94. The molecule has 7 nitrogen and oxygen atoms in total. The highest BCUT2D eigenvalue weighted by atomic mass is 32.1. The van der Waals surface area contributed by atoms with E-state index in [0.29, 0.717) is 17.6 Å². The van der Waals surface area contributed by atoms with Crippen LogP contribution in [0.15, 0.2) is 37.2 Å². The minimum atomic E-state index is -1.30. The summed E-state index contributed by atoms with van der Waals surface area (Å²) < 4.78 is 22.9. The Morgan fingerprint density at radius 1 is 1.50 bits per heavy atom. The zero-order chi connectivity index (χ0) is 22.8. The monoisotopic (exact) mass is 457 g/mol. The zero-order valence-corrected chi connectivity index (χ0v) is 19.4. The lowest BCUT2D eigenvalue weighted by Crippen LogP contribution is -2.30. The highest BCUT2D eigenvalue weighted by molar-refractivity contribution is 7.15. The standard InChI is InChI=1S/C23H28FN5O2S/c1-5-14(3)11-28-8-7-16-18(28)9-20(27-23-25-10-15(4)32-23)26-22(16)31-19-13-29(12-17(19)24)21(30)6-2/h6-10,14,17,19H,2,5,11-13H2,1,3-4H3,(H,25,26,27)/t14-,17-,19-/m1/s1. The molecule has 0 aliphatic carbocycles. The quantitative estimate of drug-likeness (QED) is 0.496. The van der Waals surface area contributed by atoms with Crippen molar-refractivity contribution in [1.82, 2.24) is 19.4 Å². The van der Waals surface area contributed by atoms with Crippen LogP contribution in [0.5, 0.6) is 5.88 Å². The van der Waals surface area contributed by atoms with Gasteiger partial charge in [-0.25, -0.2) is 9.37 Å². The molecule has 0 radical (unpaired) electrons. The third-order valence-corrected chi connectivity index (χ3v) is 6.57. The zero-order valence-electron chi connectivity index (χ0n) is 18.5. The van der Waals surface area contributed by atoms with Crippen molar-refractivity contribution in [3.05, 3.63) is 42.1 Å². The van der Waals surface area contributed by atoms with Crippen LogP contribution in [0.4, 0.5) is 15.3 Å². The van der Waals surface area contributed by atoms with Crippen LogP contribution in [0.25, 0.3) is 10.9 Å². The molecule has 0 unspecified atom stereocenters. The number of carbonyl (C=O) groups excluding carboxylic acids is 1. The first kappa shape index (κ1) is 22.3. The number of hydrogen-bond donors (Lipinski definition) is 1. The van der Waals surface area contributed by atoms with Gasteiger partial charge in [0.05, 0.1) is 24.0 Å². The second kappa shape index (κ2) is 9.28. The molecule has 0 spiro atoms. The molecule has 1 aliphatic rings. The number of likely N-dealkylation sites (tertiary alicyclic amines) is 1. The average Bonchev–Trinajstić information content (AvgIpc) is 3.47. The van der Waals surface area contributed by atoms with Gasteiger partial charge in [-0.3, -0.25) is 4.79 Å². The van der Waals surface area contributed by atoms with Crippen molar-refractivity contribution in [2.45, 2.75) is 46.0 Å². The number of pyridine rings is 1. The largest absolute Gasteiger partial charge is 0.469 e. The van der Waals surface area contributed by atoms with Crippen LogP contribution in [0, 0.1) is 12.8 Å². The fourth-order valence-corrected chi connectivity index (χ4v) is 4.43. The van der Waals surface area contributed by atoms with E-state index in [1.165, 1.54) is 22.3 Å². The summed E-state index contributed by atoms with van der Waals surface area (Å²) in [7, 11) is 0. The lowest BCUT2D eigenvalue weighted by Gasteiger charge is -2.17. The third-order valence-electron chi connectivity index (χ3n) is 5.74. The molecular formula is C23H28FN5O2S. The number of anilines is 2. The summed E-state index contributed by atoms with van der Waals surface area (Å²) in [6.07, 6.45) is 3.99. The predicted octanol–water partition coefficient (Wildman–Crippen LogP) is 4.70. The minimum absolute atomic E-state index is 0.00990. The molecule has 0 bridgehead atoms. The number of nitrogens with zero attached hydrogens (tertiary/aromatic N) is 4. The van der Waals surface area contributed by atoms with Crippen LogP contribution < -0.4 is 10.1 Å². The van der Waals surface area contributed by atoms with Gasteiger partial charge in [-0.05, 0) is 25.0 Å². The number of halogens is 1. The van der Waals surface area contributed by atoms with Crippen molar-refractivity contribution in [1.29, 1.82) is 0 Å². The van der Waals surface area contributed by atoms with Crippen molar-refractivity contribution in [2.24, 2.45) is 5.92 Å².